The smallest absolute Gasteiger partial charge is 0.0447 e. The van der Waals surface area contributed by atoms with Crippen molar-refractivity contribution in [3.05, 3.63) is 34.3 Å². The molecule has 0 bridgehead atoms. The summed E-state index contributed by atoms with van der Waals surface area (Å²) in [5, 5.41) is 4.35. The van der Waals surface area contributed by atoms with E-state index >= 15 is 0 Å². The molecular formula is C15H23ClN2. The molecule has 1 fully saturated rings. The zero-order valence-electron chi connectivity index (χ0n) is 11.1. The van der Waals surface area contributed by atoms with E-state index in [4.69, 9.17) is 17.3 Å². The van der Waals surface area contributed by atoms with E-state index in [-0.39, 0.29) is 6.04 Å². The van der Waals surface area contributed by atoms with E-state index in [2.05, 4.69) is 18.3 Å². The van der Waals surface area contributed by atoms with Gasteiger partial charge in [0.25, 0.3) is 0 Å². The highest BCUT2D eigenvalue weighted by atomic mass is 35.5. The number of hydrogen-bond donors (Lipinski definition) is 2. The molecule has 1 aromatic rings. The monoisotopic (exact) mass is 266 g/mol. The van der Waals surface area contributed by atoms with Gasteiger partial charge in [0, 0.05) is 17.6 Å². The molecule has 0 aliphatic heterocycles. The number of aryl methyl sites for hydroxylation is 1. The van der Waals surface area contributed by atoms with Gasteiger partial charge < -0.3 is 11.1 Å². The molecule has 3 N–H and O–H groups in total. The number of rotatable bonds is 7. The predicted molar refractivity (Wildman–Crippen MR) is 77.9 cm³/mol. The van der Waals surface area contributed by atoms with Crippen LogP contribution in [0.15, 0.2) is 18.2 Å². The van der Waals surface area contributed by atoms with Crippen LogP contribution in [0.1, 0.15) is 42.9 Å². The highest BCUT2D eigenvalue weighted by Gasteiger charge is 2.20. The zero-order valence-corrected chi connectivity index (χ0v) is 11.8. The third kappa shape index (κ3) is 3.98. The van der Waals surface area contributed by atoms with Gasteiger partial charge in [-0.2, -0.15) is 0 Å². The molecule has 0 heterocycles. The Balaban J connectivity index is 1.85. The van der Waals surface area contributed by atoms with Crippen molar-refractivity contribution in [3.8, 4) is 0 Å². The average molecular weight is 267 g/mol. The van der Waals surface area contributed by atoms with E-state index in [9.17, 15) is 0 Å². The average Bonchev–Trinajstić information content (AvgIpc) is 3.15. The van der Waals surface area contributed by atoms with E-state index in [1.165, 1.54) is 36.8 Å². The number of hydrogen-bond acceptors (Lipinski definition) is 2. The van der Waals surface area contributed by atoms with Crippen LogP contribution in [0.2, 0.25) is 5.02 Å². The third-order valence-electron chi connectivity index (χ3n) is 3.72. The molecule has 0 radical (unpaired) electrons. The predicted octanol–water partition coefficient (Wildman–Crippen LogP) is 3.43. The summed E-state index contributed by atoms with van der Waals surface area (Å²) in [6.45, 7) is 3.78. The summed E-state index contributed by atoms with van der Waals surface area (Å²) >= 11 is 5.98. The number of nitrogens with one attached hydrogen (secondary N) is 1. The van der Waals surface area contributed by atoms with Crippen molar-refractivity contribution in [2.24, 2.45) is 11.7 Å². The van der Waals surface area contributed by atoms with E-state index in [1.54, 1.807) is 0 Å². The van der Waals surface area contributed by atoms with Crippen molar-refractivity contribution in [1.29, 1.82) is 0 Å². The lowest BCUT2D eigenvalue weighted by molar-refractivity contribution is 0.510. The van der Waals surface area contributed by atoms with Crippen molar-refractivity contribution in [2.45, 2.75) is 38.6 Å². The number of nitrogens with two attached hydrogens (primary N) is 1. The van der Waals surface area contributed by atoms with E-state index in [1.807, 2.05) is 12.1 Å². The maximum absolute atomic E-state index is 5.98. The summed E-state index contributed by atoms with van der Waals surface area (Å²) in [6.07, 6.45) is 5.50. The Bertz CT molecular complexity index is 388. The molecule has 1 aliphatic carbocycles. The van der Waals surface area contributed by atoms with Gasteiger partial charge in [0.1, 0.15) is 0 Å². The Morgan fingerprint density at radius 3 is 2.83 bits per heavy atom. The van der Waals surface area contributed by atoms with Crippen molar-refractivity contribution >= 4 is 11.6 Å². The van der Waals surface area contributed by atoms with Gasteiger partial charge in [-0.15, -0.1) is 0 Å². The van der Waals surface area contributed by atoms with E-state index in [0.29, 0.717) is 6.54 Å². The molecule has 2 nitrogen and oxygen atoms in total. The standard InChI is InChI=1S/C15H23ClN2/c1-11-9-13(16)6-7-14(11)15(10-17)18-8-2-3-12-4-5-12/h6-7,9,12,15,18H,2-5,8,10,17H2,1H3. The van der Waals surface area contributed by atoms with Gasteiger partial charge in [-0.25, -0.2) is 0 Å². The zero-order chi connectivity index (χ0) is 13.0. The first kappa shape index (κ1) is 13.9. The second kappa shape index (κ2) is 6.55. The van der Waals surface area contributed by atoms with Crippen LogP contribution in [0.3, 0.4) is 0 Å². The van der Waals surface area contributed by atoms with Crippen LogP contribution in [0.5, 0.6) is 0 Å². The number of halogens is 1. The summed E-state index contributed by atoms with van der Waals surface area (Å²) in [5.41, 5.74) is 8.36. The molecule has 1 aliphatic rings. The summed E-state index contributed by atoms with van der Waals surface area (Å²) in [7, 11) is 0. The summed E-state index contributed by atoms with van der Waals surface area (Å²) in [4.78, 5) is 0. The Morgan fingerprint density at radius 1 is 1.44 bits per heavy atom. The Morgan fingerprint density at radius 2 is 2.22 bits per heavy atom. The fourth-order valence-corrected chi connectivity index (χ4v) is 2.65. The fourth-order valence-electron chi connectivity index (χ4n) is 2.42. The molecule has 18 heavy (non-hydrogen) atoms. The Labute approximate surface area is 115 Å². The molecule has 0 saturated heterocycles. The van der Waals surface area contributed by atoms with Crippen LogP contribution >= 0.6 is 11.6 Å². The van der Waals surface area contributed by atoms with Crippen LogP contribution in [-0.4, -0.2) is 13.1 Å². The maximum Gasteiger partial charge on any atom is 0.0447 e. The normalized spacial score (nSPS) is 16.8. The highest BCUT2D eigenvalue weighted by molar-refractivity contribution is 6.30. The minimum absolute atomic E-state index is 0.251. The lowest BCUT2D eigenvalue weighted by Crippen LogP contribution is -2.29. The summed E-state index contributed by atoms with van der Waals surface area (Å²) in [6, 6.07) is 6.29. The Hall–Kier alpha value is -0.570. The van der Waals surface area contributed by atoms with E-state index < -0.39 is 0 Å². The fraction of sp³-hybridized carbons (Fsp3) is 0.600. The maximum atomic E-state index is 5.98. The molecule has 1 unspecified atom stereocenters. The lowest BCUT2D eigenvalue weighted by atomic mass is 10.0. The molecule has 0 amide bonds. The first-order valence-electron chi connectivity index (χ1n) is 6.90. The first-order valence-corrected chi connectivity index (χ1v) is 7.28. The second-order valence-electron chi connectivity index (χ2n) is 5.33. The molecule has 1 aromatic carbocycles. The molecule has 0 aromatic heterocycles. The minimum atomic E-state index is 0.251. The molecular weight excluding hydrogens is 244 g/mol. The van der Waals surface area contributed by atoms with Gasteiger partial charge in [-0.3, -0.25) is 0 Å². The largest absolute Gasteiger partial charge is 0.329 e. The van der Waals surface area contributed by atoms with Crippen molar-refractivity contribution in [3.63, 3.8) is 0 Å². The molecule has 3 heteroatoms. The molecule has 100 valence electrons. The Kier molecular flexibility index (Phi) is 5.04. The van der Waals surface area contributed by atoms with Gasteiger partial charge in [-0.05, 0) is 55.5 Å². The van der Waals surface area contributed by atoms with Gasteiger partial charge in [-0.1, -0.05) is 30.5 Å². The van der Waals surface area contributed by atoms with Crippen molar-refractivity contribution in [1.82, 2.24) is 5.32 Å². The van der Waals surface area contributed by atoms with Crippen LogP contribution in [0, 0.1) is 12.8 Å². The van der Waals surface area contributed by atoms with Crippen molar-refractivity contribution < 1.29 is 0 Å². The summed E-state index contributed by atoms with van der Waals surface area (Å²) < 4.78 is 0. The highest BCUT2D eigenvalue weighted by Crippen LogP contribution is 2.33. The van der Waals surface area contributed by atoms with Crippen LogP contribution in [-0.2, 0) is 0 Å². The van der Waals surface area contributed by atoms with Gasteiger partial charge >= 0.3 is 0 Å². The first-order chi connectivity index (χ1) is 8.70. The van der Waals surface area contributed by atoms with Crippen molar-refractivity contribution in [2.75, 3.05) is 13.1 Å². The summed E-state index contributed by atoms with van der Waals surface area (Å²) in [5.74, 6) is 1.01. The molecule has 1 atom stereocenters. The topological polar surface area (TPSA) is 38.0 Å². The van der Waals surface area contributed by atoms with Gasteiger partial charge in [0.05, 0.1) is 0 Å². The van der Waals surface area contributed by atoms with Gasteiger partial charge in [0.15, 0.2) is 0 Å². The van der Waals surface area contributed by atoms with Gasteiger partial charge in [0.2, 0.25) is 0 Å². The van der Waals surface area contributed by atoms with Crippen LogP contribution in [0.25, 0.3) is 0 Å². The molecule has 0 spiro atoms. The molecule has 2 rings (SSSR count). The SMILES string of the molecule is Cc1cc(Cl)ccc1C(CN)NCCCC1CC1. The second-order valence-corrected chi connectivity index (χ2v) is 5.77. The lowest BCUT2D eigenvalue weighted by Gasteiger charge is -2.19. The van der Waals surface area contributed by atoms with E-state index in [0.717, 1.165) is 17.5 Å². The minimum Gasteiger partial charge on any atom is -0.329 e. The quantitative estimate of drug-likeness (QED) is 0.742. The third-order valence-corrected chi connectivity index (χ3v) is 3.95. The molecule has 1 saturated carbocycles. The van der Waals surface area contributed by atoms with Crippen LogP contribution < -0.4 is 11.1 Å². The number of benzene rings is 1. The van der Waals surface area contributed by atoms with Crippen LogP contribution in [0.4, 0.5) is 0 Å².